The van der Waals surface area contributed by atoms with Crippen LogP contribution in [0.3, 0.4) is 0 Å². The number of allylic oxidation sites excluding steroid dienone is 1. The van der Waals surface area contributed by atoms with Gasteiger partial charge in [-0.3, -0.25) is 4.79 Å². The minimum absolute atomic E-state index is 0.177. The molecule has 0 aliphatic rings. The number of carboxylic acid groups (broad SMARTS) is 1. The first-order valence-electron chi connectivity index (χ1n) is 5.28. The molecule has 2 nitrogen and oxygen atoms in total. The largest absolute Gasteiger partial charge is 0.481 e. The van der Waals surface area contributed by atoms with Crippen molar-refractivity contribution in [3.8, 4) is 0 Å². The lowest BCUT2D eigenvalue weighted by Crippen LogP contribution is -2.38. The fourth-order valence-electron chi connectivity index (χ4n) is 2.04. The van der Waals surface area contributed by atoms with E-state index in [-0.39, 0.29) is 16.7 Å². The van der Waals surface area contributed by atoms with Crippen molar-refractivity contribution in [1.82, 2.24) is 0 Å². The van der Waals surface area contributed by atoms with E-state index in [2.05, 4.69) is 6.58 Å². The molecule has 0 rings (SSSR count). The molecular formula is C13H26O2. The van der Waals surface area contributed by atoms with Gasteiger partial charge in [-0.15, -0.1) is 6.58 Å². The third kappa shape index (κ3) is 7.18. The summed E-state index contributed by atoms with van der Waals surface area (Å²) in [6.07, 6.45) is 1.75. The number of rotatable bonds is 1. The average molecular weight is 214 g/mol. The van der Waals surface area contributed by atoms with E-state index in [9.17, 15) is 4.79 Å². The Labute approximate surface area is 94.4 Å². The topological polar surface area (TPSA) is 37.3 Å². The summed E-state index contributed by atoms with van der Waals surface area (Å²) in [7, 11) is 0. The molecule has 0 aliphatic carbocycles. The summed E-state index contributed by atoms with van der Waals surface area (Å²) in [5.74, 6) is -1.00. The number of carboxylic acids is 1. The van der Waals surface area contributed by atoms with Crippen LogP contribution in [0.25, 0.3) is 0 Å². The lowest BCUT2D eigenvalue weighted by molar-refractivity contribution is -0.150. The summed E-state index contributed by atoms with van der Waals surface area (Å²) in [6, 6.07) is 0. The van der Waals surface area contributed by atoms with Crippen molar-refractivity contribution in [2.24, 2.45) is 16.7 Å². The third-order valence-electron chi connectivity index (χ3n) is 1.98. The molecule has 0 fully saturated rings. The lowest BCUT2D eigenvalue weighted by atomic mass is 9.67. The molecule has 0 aromatic heterocycles. The van der Waals surface area contributed by atoms with Crippen LogP contribution in [0.1, 0.15) is 48.5 Å². The molecule has 2 heteroatoms. The van der Waals surface area contributed by atoms with Gasteiger partial charge >= 0.3 is 5.97 Å². The van der Waals surface area contributed by atoms with Crippen LogP contribution in [0.5, 0.6) is 0 Å². The predicted octanol–water partition coefficient (Wildman–Crippen LogP) is 3.97. The minimum Gasteiger partial charge on any atom is -0.481 e. The van der Waals surface area contributed by atoms with Crippen LogP contribution in [-0.2, 0) is 4.79 Å². The predicted molar refractivity (Wildman–Crippen MR) is 65.9 cm³/mol. The van der Waals surface area contributed by atoms with E-state index < -0.39 is 5.97 Å². The van der Waals surface area contributed by atoms with Crippen molar-refractivity contribution >= 4 is 5.97 Å². The Balaban J connectivity index is 0. The number of hydrogen-bond acceptors (Lipinski definition) is 1. The summed E-state index contributed by atoms with van der Waals surface area (Å²) in [5, 5.41) is 9.04. The zero-order valence-electron chi connectivity index (χ0n) is 11.2. The maximum Gasteiger partial charge on any atom is 0.307 e. The summed E-state index contributed by atoms with van der Waals surface area (Å²) in [6.45, 7) is 17.1. The maximum absolute atomic E-state index is 11.0. The molecule has 1 N–H and O–H groups in total. The van der Waals surface area contributed by atoms with Gasteiger partial charge in [0.15, 0.2) is 0 Å². The highest BCUT2D eigenvalue weighted by atomic mass is 16.4. The van der Waals surface area contributed by atoms with Gasteiger partial charge in [-0.1, -0.05) is 47.6 Å². The van der Waals surface area contributed by atoms with E-state index in [4.69, 9.17) is 5.11 Å². The molecule has 0 saturated heterocycles. The molecule has 15 heavy (non-hydrogen) atoms. The van der Waals surface area contributed by atoms with Crippen molar-refractivity contribution in [3.63, 3.8) is 0 Å². The van der Waals surface area contributed by atoms with E-state index >= 15 is 0 Å². The van der Waals surface area contributed by atoms with Crippen LogP contribution in [-0.4, -0.2) is 11.1 Å². The highest BCUT2D eigenvalue weighted by molar-refractivity contribution is 5.71. The van der Waals surface area contributed by atoms with Gasteiger partial charge in [-0.25, -0.2) is 0 Å². The zero-order chi connectivity index (χ0) is 12.9. The maximum atomic E-state index is 11.0. The molecule has 90 valence electrons. The van der Waals surface area contributed by atoms with Crippen molar-refractivity contribution in [3.05, 3.63) is 12.7 Å². The van der Waals surface area contributed by atoms with E-state index in [0.717, 1.165) is 0 Å². The Hall–Kier alpha value is -0.790. The third-order valence-corrected chi connectivity index (χ3v) is 1.98. The fraction of sp³-hybridized carbons (Fsp3) is 0.769. The first kappa shape index (κ1) is 16.6. The van der Waals surface area contributed by atoms with Crippen LogP contribution in [0.2, 0.25) is 0 Å². The van der Waals surface area contributed by atoms with Crippen molar-refractivity contribution in [1.29, 1.82) is 0 Å². The minimum atomic E-state index is -0.699. The molecule has 0 bridgehead atoms. The fourth-order valence-corrected chi connectivity index (χ4v) is 2.04. The van der Waals surface area contributed by atoms with Crippen molar-refractivity contribution in [2.75, 3.05) is 0 Å². The van der Waals surface area contributed by atoms with Crippen LogP contribution in [0.15, 0.2) is 12.7 Å². The second-order valence-corrected chi connectivity index (χ2v) is 5.91. The van der Waals surface area contributed by atoms with Crippen molar-refractivity contribution in [2.45, 2.75) is 48.5 Å². The Morgan fingerprint density at radius 1 is 1.13 bits per heavy atom. The van der Waals surface area contributed by atoms with E-state index in [1.165, 1.54) is 0 Å². The number of aliphatic carboxylic acids is 1. The van der Waals surface area contributed by atoms with Gasteiger partial charge in [0.25, 0.3) is 0 Å². The Bertz CT molecular complexity index is 190. The zero-order valence-corrected chi connectivity index (χ0v) is 11.2. The molecular weight excluding hydrogens is 188 g/mol. The monoisotopic (exact) mass is 214 g/mol. The Kier molecular flexibility index (Phi) is 6.59. The SMILES string of the molecule is C=CC.CC(C)(C)C(C(=O)O)C(C)(C)C. The molecule has 0 amide bonds. The van der Waals surface area contributed by atoms with Gasteiger partial charge < -0.3 is 5.11 Å². The van der Waals surface area contributed by atoms with E-state index in [1.807, 2.05) is 48.5 Å². The summed E-state index contributed by atoms with van der Waals surface area (Å²) >= 11 is 0. The average Bonchev–Trinajstić information content (AvgIpc) is 1.77. The lowest BCUT2D eigenvalue weighted by Gasteiger charge is -2.37. The molecule has 0 aromatic carbocycles. The molecule has 0 radical (unpaired) electrons. The normalized spacial score (nSPS) is 11.7. The molecule has 0 heterocycles. The highest BCUT2D eigenvalue weighted by Gasteiger charge is 2.40. The van der Waals surface area contributed by atoms with Crippen LogP contribution in [0.4, 0.5) is 0 Å². The van der Waals surface area contributed by atoms with Gasteiger partial charge in [-0.2, -0.15) is 0 Å². The van der Waals surface area contributed by atoms with Crippen LogP contribution >= 0.6 is 0 Å². The van der Waals surface area contributed by atoms with Gasteiger partial charge in [-0.05, 0) is 17.8 Å². The Morgan fingerprint density at radius 3 is 1.33 bits per heavy atom. The molecule has 0 saturated carbocycles. The van der Waals surface area contributed by atoms with Gasteiger partial charge in [0.05, 0.1) is 5.92 Å². The first-order chi connectivity index (χ1) is 6.48. The van der Waals surface area contributed by atoms with Gasteiger partial charge in [0.2, 0.25) is 0 Å². The van der Waals surface area contributed by atoms with Crippen LogP contribution < -0.4 is 0 Å². The van der Waals surface area contributed by atoms with E-state index in [0.29, 0.717) is 0 Å². The molecule has 0 atom stereocenters. The number of hydrogen-bond donors (Lipinski definition) is 1. The summed E-state index contributed by atoms with van der Waals surface area (Å²) < 4.78 is 0. The quantitative estimate of drug-likeness (QED) is 0.670. The standard InChI is InChI=1S/C10H20O2.C3H6/c1-9(2,3)7(8(11)12)10(4,5)6;1-3-2/h7H,1-6H3,(H,11,12);3H,1H2,2H3. The summed E-state index contributed by atoms with van der Waals surface area (Å²) in [5.41, 5.74) is -0.353. The van der Waals surface area contributed by atoms with Crippen LogP contribution in [0, 0.1) is 16.7 Å². The second-order valence-electron chi connectivity index (χ2n) is 5.91. The van der Waals surface area contributed by atoms with E-state index in [1.54, 1.807) is 6.08 Å². The summed E-state index contributed by atoms with van der Waals surface area (Å²) in [4.78, 5) is 11.0. The number of carbonyl (C=O) groups is 1. The second kappa shape index (κ2) is 5.94. The Morgan fingerprint density at radius 2 is 1.33 bits per heavy atom. The van der Waals surface area contributed by atoms with Gasteiger partial charge in [0.1, 0.15) is 0 Å². The molecule has 0 spiro atoms. The molecule has 0 aliphatic heterocycles. The van der Waals surface area contributed by atoms with Gasteiger partial charge in [0, 0.05) is 0 Å². The first-order valence-corrected chi connectivity index (χ1v) is 5.28. The smallest absolute Gasteiger partial charge is 0.307 e. The highest BCUT2D eigenvalue weighted by Crippen LogP contribution is 2.39. The molecule has 0 unspecified atom stereocenters. The van der Waals surface area contributed by atoms with Crippen molar-refractivity contribution < 1.29 is 9.90 Å². The molecule has 0 aromatic rings.